The van der Waals surface area contributed by atoms with E-state index in [4.69, 9.17) is 5.84 Å². The highest BCUT2D eigenvalue weighted by molar-refractivity contribution is 7.10. The molecule has 17 heavy (non-hydrogen) atoms. The zero-order valence-electron chi connectivity index (χ0n) is 9.83. The van der Waals surface area contributed by atoms with Crippen LogP contribution in [0.25, 0.3) is 0 Å². The van der Waals surface area contributed by atoms with E-state index in [1.54, 1.807) is 17.4 Å². The Morgan fingerprint density at radius 1 is 1.29 bits per heavy atom. The molecule has 1 atom stereocenters. The van der Waals surface area contributed by atoms with Crippen molar-refractivity contribution < 1.29 is 4.39 Å². The molecule has 0 bridgehead atoms. The summed E-state index contributed by atoms with van der Waals surface area (Å²) in [6.45, 7) is 3.89. The molecule has 3 N–H and O–H groups in total. The summed E-state index contributed by atoms with van der Waals surface area (Å²) in [4.78, 5) is 1.19. The number of hydrazine groups is 1. The third-order valence-electron chi connectivity index (χ3n) is 2.72. The second-order valence-corrected chi connectivity index (χ2v) is 5.23. The Bertz CT molecular complexity index is 522. The van der Waals surface area contributed by atoms with Gasteiger partial charge in [0.2, 0.25) is 0 Å². The van der Waals surface area contributed by atoms with Crippen LogP contribution < -0.4 is 11.3 Å². The second kappa shape index (κ2) is 4.96. The Kier molecular flexibility index (Phi) is 3.57. The Balaban J connectivity index is 2.42. The number of nitrogens with one attached hydrogen (secondary N) is 1. The lowest BCUT2D eigenvalue weighted by Gasteiger charge is -2.16. The van der Waals surface area contributed by atoms with Crippen LogP contribution in [0, 0.1) is 19.7 Å². The number of benzene rings is 1. The molecule has 0 aliphatic rings. The van der Waals surface area contributed by atoms with Gasteiger partial charge in [-0.25, -0.2) is 9.82 Å². The van der Waals surface area contributed by atoms with E-state index in [9.17, 15) is 4.39 Å². The number of nitrogens with two attached hydrogens (primary N) is 1. The molecule has 0 aliphatic heterocycles. The van der Waals surface area contributed by atoms with E-state index < -0.39 is 0 Å². The van der Waals surface area contributed by atoms with Crippen molar-refractivity contribution in [3.63, 3.8) is 0 Å². The van der Waals surface area contributed by atoms with Gasteiger partial charge < -0.3 is 0 Å². The molecule has 1 aromatic carbocycles. The Morgan fingerprint density at radius 2 is 2.06 bits per heavy atom. The molecule has 0 radical (unpaired) electrons. The first-order chi connectivity index (χ1) is 8.11. The molecular weight excluding hydrogens is 235 g/mol. The van der Waals surface area contributed by atoms with Gasteiger partial charge in [-0.1, -0.05) is 12.1 Å². The summed E-state index contributed by atoms with van der Waals surface area (Å²) in [5.41, 5.74) is 5.16. The van der Waals surface area contributed by atoms with Crippen LogP contribution in [0.5, 0.6) is 0 Å². The lowest BCUT2D eigenvalue weighted by atomic mass is 10.00. The number of halogens is 1. The normalized spacial score (nSPS) is 12.7. The first-order valence-electron chi connectivity index (χ1n) is 5.39. The molecule has 2 aromatic rings. The summed E-state index contributed by atoms with van der Waals surface area (Å²) in [7, 11) is 0. The van der Waals surface area contributed by atoms with Crippen molar-refractivity contribution in [2.24, 2.45) is 5.84 Å². The minimum absolute atomic E-state index is 0.225. The quantitative estimate of drug-likeness (QED) is 0.649. The summed E-state index contributed by atoms with van der Waals surface area (Å²) in [5.74, 6) is 5.32. The van der Waals surface area contributed by atoms with Crippen molar-refractivity contribution in [2.45, 2.75) is 19.9 Å². The number of aryl methyl sites for hydroxylation is 2. The maximum Gasteiger partial charge on any atom is 0.128 e. The minimum Gasteiger partial charge on any atom is -0.271 e. The van der Waals surface area contributed by atoms with E-state index in [-0.39, 0.29) is 11.9 Å². The van der Waals surface area contributed by atoms with Crippen molar-refractivity contribution in [3.8, 4) is 0 Å². The van der Waals surface area contributed by atoms with Crippen molar-refractivity contribution >= 4 is 11.3 Å². The maximum absolute atomic E-state index is 13.9. The van der Waals surface area contributed by atoms with Gasteiger partial charge in [-0.2, -0.15) is 0 Å². The van der Waals surface area contributed by atoms with Crippen LogP contribution in [-0.2, 0) is 0 Å². The fourth-order valence-electron chi connectivity index (χ4n) is 1.85. The van der Waals surface area contributed by atoms with E-state index >= 15 is 0 Å². The van der Waals surface area contributed by atoms with E-state index in [2.05, 4.69) is 5.43 Å². The molecule has 1 unspecified atom stereocenters. The summed E-state index contributed by atoms with van der Waals surface area (Å²) in [6, 6.07) is 6.93. The lowest BCUT2D eigenvalue weighted by Crippen LogP contribution is -2.29. The monoisotopic (exact) mass is 250 g/mol. The molecule has 0 saturated heterocycles. The van der Waals surface area contributed by atoms with Crippen LogP contribution in [0.15, 0.2) is 29.6 Å². The first-order valence-corrected chi connectivity index (χ1v) is 6.27. The third-order valence-corrected chi connectivity index (χ3v) is 3.60. The molecular formula is C13H15FN2S. The zero-order valence-corrected chi connectivity index (χ0v) is 10.6. The average Bonchev–Trinajstić information content (AvgIpc) is 2.69. The molecule has 0 fully saturated rings. The average molecular weight is 250 g/mol. The van der Waals surface area contributed by atoms with Crippen LogP contribution in [-0.4, -0.2) is 0 Å². The van der Waals surface area contributed by atoms with E-state index in [1.165, 1.54) is 10.9 Å². The molecule has 0 amide bonds. The van der Waals surface area contributed by atoms with E-state index in [1.807, 2.05) is 31.4 Å². The Labute approximate surface area is 104 Å². The predicted molar refractivity (Wildman–Crippen MR) is 69.4 cm³/mol. The summed E-state index contributed by atoms with van der Waals surface area (Å²) >= 11 is 1.63. The number of rotatable bonds is 3. The second-order valence-electron chi connectivity index (χ2n) is 4.12. The summed E-state index contributed by atoms with van der Waals surface area (Å²) in [6.07, 6.45) is 0. The van der Waals surface area contributed by atoms with E-state index in [0.29, 0.717) is 5.56 Å². The van der Waals surface area contributed by atoms with Crippen LogP contribution in [0.1, 0.15) is 27.6 Å². The van der Waals surface area contributed by atoms with Gasteiger partial charge in [0.05, 0.1) is 6.04 Å². The lowest BCUT2D eigenvalue weighted by molar-refractivity contribution is 0.560. The molecule has 2 nitrogen and oxygen atoms in total. The maximum atomic E-state index is 13.9. The fraction of sp³-hybridized carbons (Fsp3) is 0.231. The fourth-order valence-corrected chi connectivity index (χ4v) is 2.58. The van der Waals surface area contributed by atoms with Crippen molar-refractivity contribution in [1.29, 1.82) is 0 Å². The minimum atomic E-state index is -0.291. The van der Waals surface area contributed by atoms with Crippen LogP contribution in [0.2, 0.25) is 0 Å². The molecule has 0 aliphatic carbocycles. The molecule has 1 aromatic heterocycles. The molecule has 4 heteroatoms. The Morgan fingerprint density at radius 3 is 2.59 bits per heavy atom. The van der Waals surface area contributed by atoms with Crippen LogP contribution in [0.4, 0.5) is 4.39 Å². The summed E-state index contributed by atoms with van der Waals surface area (Å²) < 4.78 is 13.9. The highest BCUT2D eigenvalue weighted by atomic mass is 32.1. The van der Waals surface area contributed by atoms with Gasteiger partial charge >= 0.3 is 0 Å². The molecule has 90 valence electrons. The highest BCUT2D eigenvalue weighted by Gasteiger charge is 2.17. The van der Waals surface area contributed by atoms with Gasteiger partial charge in [0.1, 0.15) is 5.82 Å². The standard InChI is InChI=1S/C13H15FN2S/c1-8-3-4-11(12(14)5-8)13(16-15)10-6-9(2)17-7-10/h3-7,13,16H,15H2,1-2H3. The van der Waals surface area contributed by atoms with Gasteiger partial charge in [0, 0.05) is 10.4 Å². The van der Waals surface area contributed by atoms with Gasteiger partial charge in [0.15, 0.2) is 0 Å². The summed E-state index contributed by atoms with van der Waals surface area (Å²) in [5, 5.41) is 2.00. The van der Waals surface area contributed by atoms with Gasteiger partial charge in [-0.05, 0) is 42.5 Å². The number of hydrogen-bond donors (Lipinski definition) is 2. The molecule has 2 rings (SSSR count). The number of thiophene rings is 1. The predicted octanol–water partition coefficient (Wildman–Crippen LogP) is 3.06. The molecule has 0 spiro atoms. The van der Waals surface area contributed by atoms with Gasteiger partial charge in [0.25, 0.3) is 0 Å². The smallest absolute Gasteiger partial charge is 0.128 e. The molecule has 1 heterocycles. The number of hydrogen-bond acceptors (Lipinski definition) is 3. The SMILES string of the molecule is Cc1ccc(C(NN)c2csc(C)c2)c(F)c1. The zero-order chi connectivity index (χ0) is 12.4. The van der Waals surface area contributed by atoms with Gasteiger partial charge in [-0.3, -0.25) is 5.84 Å². The topological polar surface area (TPSA) is 38.0 Å². The van der Waals surface area contributed by atoms with E-state index in [0.717, 1.165) is 11.1 Å². The Hall–Kier alpha value is -1.23. The largest absolute Gasteiger partial charge is 0.271 e. The van der Waals surface area contributed by atoms with Crippen molar-refractivity contribution in [1.82, 2.24) is 5.43 Å². The van der Waals surface area contributed by atoms with Crippen LogP contribution in [0.3, 0.4) is 0 Å². The highest BCUT2D eigenvalue weighted by Crippen LogP contribution is 2.27. The molecule has 0 saturated carbocycles. The van der Waals surface area contributed by atoms with Crippen molar-refractivity contribution in [2.75, 3.05) is 0 Å². The first kappa shape index (κ1) is 12.2. The van der Waals surface area contributed by atoms with Gasteiger partial charge in [-0.15, -0.1) is 11.3 Å². The van der Waals surface area contributed by atoms with Crippen molar-refractivity contribution in [3.05, 3.63) is 57.0 Å². The van der Waals surface area contributed by atoms with Crippen LogP contribution >= 0.6 is 11.3 Å². The third kappa shape index (κ3) is 2.54.